The van der Waals surface area contributed by atoms with Gasteiger partial charge in [-0.15, -0.1) is 0 Å². The van der Waals surface area contributed by atoms with Gasteiger partial charge in [-0.2, -0.15) is 0 Å². The van der Waals surface area contributed by atoms with Crippen molar-refractivity contribution in [3.05, 3.63) is 95.2 Å². The third-order valence-corrected chi connectivity index (χ3v) is 5.32. The van der Waals surface area contributed by atoms with Gasteiger partial charge in [-0.25, -0.2) is 4.90 Å². The molecular formula is C25H21ClN2O3. The van der Waals surface area contributed by atoms with Crippen molar-refractivity contribution < 1.29 is 14.3 Å². The molecule has 0 fully saturated rings. The number of nitrogens with zero attached hydrogens (tertiary/aromatic N) is 2. The number of hydrogen-bond acceptors (Lipinski definition) is 4. The molecule has 1 heterocycles. The summed E-state index contributed by atoms with van der Waals surface area (Å²) in [5.74, 6) is 0.315. The molecule has 3 aromatic carbocycles. The van der Waals surface area contributed by atoms with E-state index in [0.29, 0.717) is 23.7 Å². The highest BCUT2D eigenvalue weighted by molar-refractivity contribution is 6.53. The Labute approximate surface area is 186 Å². The zero-order chi connectivity index (χ0) is 22.0. The van der Waals surface area contributed by atoms with Crippen LogP contribution in [0.25, 0.3) is 0 Å². The zero-order valence-corrected chi connectivity index (χ0v) is 18.0. The van der Waals surface area contributed by atoms with Crippen LogP contribution in [0.15, 0.2) is 89.6 Å². The summed E-state index contributed by atoms with van der Waals surface area (Å²) in [5, 5.41) is -0.0852. The average molecular weight is 433 g/mol. The van der Waals surface area contributed by atoms with Gasteiger partial charge in [0.05, 0.1) is 5.69 Å². The molecule has 0 aliphatic carbocycles. The number of hydrogen-bond donors (Lipinski definition) is 0. The lowest BCUT2D eigenvalue weighted by Gasteiger charge is -2.24. The van der Waals surface area contributed by atoms with E-state index in [1.807, 2.05) is 68.4 Å². The van der Waals surface area contributed by atoms with Crippen molar-refractivity contribution in [3.8, 4) is 11.5 Å². The number of anilines is 2. The highest BCUT2D eigenvalue weighted by atomic mass is 35.5. The molecule has 0 aromatic heterocycles. The predicted octanol–water partition coefficient (Wildman–Crippen LogP) is 5.64. The summed E-state index contributed by atoms with van der Waals surface area (Å²) in [5.41, 5.74) is 2.48. The van der Waals surface area contributed by atoms with E-state index in [0.717, 1.165) is 16.2 Å². The highest BCUT2D eigenvalue weighted by Gasteiger charge is 2.41. The first-order valence-corrected chi connectivity index (χ1v) is 10.3. The molecule has 0 spiro atoms. The fourth-order valence-electron chi connectivity index (χ4n) is 3.51. The van der Waals surface area contributed by atoms with Gasteiger partial charge >= 0.3 is 0 Å². The topological polar surface area (TPSA) is 49.9 Å². The van der Waals surface area contributed by atoms with Gasteiger partial charge in [0.15, 0.2) is 0 Å². The SMILES string of the molecule is CCN(C1=C(Cl)C(=O)N(c2ccc(Oc3ccccc3)cc2)C1=O)c1cccc(C)c1. The maximum atomic E-state index is 13.3. The second kappa shape index (κ2) is 8.66. The first-order valence-electron chi connectivity index (χ1n) is 9.95. The molecule has 5 nitrogen and oxygen atoms in total. The average Bonchev–Trinajstić information content (AvgIpc) is 2.99. The quantitative estimate of drug-likeness (QED) is 0.473. The maximum absolute atomic E-state index is 13.3. The number of carbonyl (C=O) groups excluding carboxylic acids is 2. The molecule has 1 aliphatic rings. The van der Waals surface area contributed by atoms with Crippen LogP contribution >= 0.6 is 11.6 Å². The van der Waals surface area contributed by atoms with Crippen LogP contribution in [-0.4, -0.2) is 18.4 Å². The summed E-state index contributed by atoms with van der Waals surface area (Å²) in [6.07, 6.45) is 0. The molecule has 0 N–H and O–H groups in total. The van der Waals surface area contributed by atoms with Crippen LogP contribution in [0.5, 0.6) is 11.5 Å². The van der Waals surface area contributed by atoms with Crippen molar-refractivity contribution in [3.63, 3.8) is 0 Å². The number of benzene rings is 3. The molecule has 1 aliphatic heterocycles. The van der Waals surface area contributed by atoms with Gasteiger partial charge in [0.25, 0.3) is 11.8 Å². The Morgan fingerprint density at radius 2 is 1.55 bits per heavy atom. The number of ether oxygens (including phenoxy) is 1. The Hall–Kier alpha value is -3.57. The molecule has 2 amide bonds. The normalized spacial score (nSPS) is 13.7. The molecule has 4 rings (SSSR count). The van der Waals surface area contributed by atoms with Gasteiger partial charge in [0.1, 0.15) is 22.2 Å². The molecule has 0 bridgehead atoms. The standard InChI is InChI=1S/C25H21ClN2O3/c1-3-27(19-9-7-8-17(2)16-19)23-22(26)24(29)28(25(23)30)18-12-14-21(15-13-18)31-20-10-5-4-6-11-20/h4-16H,3H2,1-2H3. The molecule has 0 saturated carbocycles. The van der Waals surface area contributed by atoms with Gasteiger partial charge in [-0.3, -0.25) is 9.59 Å². The summed E-state index contributed by atoms with van der Waals surface area (Å²) in [7, 11) is 0. The second-order valence-corrected chi connectivity index (χ2v) is 7.48. The molecule has 31 heavy (non-hydrogen) atoms. The fraction of sp³-hybridized carbons (Fsp3) is 0.120. The molecule has 156 valence electrons. The summed E-state index contributed by atoms with van der Waals surface area (Å²) < 4.78 is 5.78. The van der Waals surface area contributed by atoms with Gasteiger partial charge in [-0.05, 0) is 67.9 Å². The van der Waals surface area contributed by atoms with E-state index in [-0.39, 0.29) is 10.7 Å². The lowest BCUT2D eigenvalue weighted by atomic mass is 10.2. The van der Waals surface area contributed by atoms with Gasteiger partial charge in [0, 0.05) is 12.2 Å². The summed E-state index contributed by atoms with van der Waals surface area (Å²) >= 11 is 6.37. The highest BCUT2D eigenvalue weighted by Crippen LogP contribution is 2.34. The van der Waals surface area contributed by atoms with E-state index >= 15 is 0 Å². The number of amides is 2. The lowest BCUT2D eigenvalue weighted by Crippen LogP contribution is -2.35. The van der Waals surface area contributed by atoms with Crippen molar-refractivity contribution in [2.45, 2.75) is 13.8 Å². The van der Waals surface area contributed by atoms with E-state index in [2.05, 4.69) is 0 Å². The van der Waals surface area contributed by atoms with Crippen LogP contribution in [0.1, 0.15) is 12.5 Å². The molecule has 0 radical (unpaired) electrons. The first-order chi connectivity index (χ1) is 15.0. The van der Waals surface area contributed by atoms with E-state index in [4.69, 9.17) is 16.3 Å². The number of halogens is 1. The van der Waals surface area contributed by atoms with Crippen LogP contribution in [-0.2, 0) is 9.59 Å². The molecule has 0 atom stereocenters. The Morgan fingerprint density at radius 1 is 0.871 bits per heavy atom. The van der Waals surface area contributed by atoms with Gasteiger partial charge in [-0.1, -0.05) is 41.9 Å². The van der Waals surface area contributed by atoms with Crippen molar-refractivity contribution >= 4 is 34.8 Å². The number of aryl methyl sites for hydroxylation is 1. The van der Waals surface area contributed by atoms with Gasteiger partial charge < -0.3 is 9.64 Å². The summed E-state index contributed by atoms with van der Waals surface area (Å²) in [6.45, 7) is 4.38. The van der Waals surface area contributed by atoms with E-state index < -0.39 is 11.8 Å². The van der Waals surface area contributed by atoms with Crippen LogP contribution in [0.3, 0.4) is 0 Å². The fourth-order valence-corrected chi connectivity index (χ4v) is 3.78. The summed E-state index contributed by atoms with van der Waals surface area (Å²) in [4.78, 5) is 29.0. The Kier molecular flexibility index (Phi) is 5.78. The van der Waals surface area contributed by atoms with E-state index in [9.17, 15) is 9.59 Å². The molecule has 3 aromatic rings. The monoisotopic (exact) mass is 432 g/mol. The van der Waals surface area contributed by atoms with Crippen molar-refractivity contribution in [1.29, 1.82) is 0 Å². The van der Waals surface area contributed by atoms with Crippen LogP contribution in [0.4, 0.5) is 11.4 Å². The Balaban J connectivity index is 1.60. The van der Waals surface area contributed by atoms with Crippen molar-refractivity contribution in [2.24, 2.45) is 0 Å². The number of rotatable bonds is 6. The molecule has 0 unspecified atom stereocenters. The smallest absolute Gasteiger partial charge is 0.283 e. The zero-order valence-electron chi connectivity index (χ0n) is 17.2. The summed E-state index contributed by atoms with van der Waals surface area (Å²) in [6, 6.07) is 23.9. The predicted molar refractivity (Wildman–Crippen MR) is 123 cm³/mol. The Morgan fingerprint density at radius 3 is 2.19 bits per heavy atom. The second-order valence-electron chi connectivity index (χ2n) is 7.10. The van der Waals surface area contributed by atoms with Gasteiger partial charge in [0.2, 0.25) is 0 Å². The number of carbonyl (C=O) groups is 2. The van der Waals surface area contributed by atoms with Crippen molar-refractivity contribution in [1.82, 2.24) is 0 Å². The molecule has 6 heteroatoms. The minimum absolute atomic E-state index is 0.0852. The number of imide groups is 1. The first kappa shape index (κ1) is 20.7. The van der Waals surface area contributed by atoms with Crippen LogP contribution in [0.2, 0.25) is 0 Å². The number of para-hydroxylation sites is 1. The lowest BCUT2D eigenvalue weighted by molar-refractivity contribution is -0.120. The number of likely N-dealkylation sites (N-methyl/N-ethyl adjacent to an activating group) is 1. The third kappa shape index (κ3) is 4.05. The van der Waals surface area contributed by atoms with E-state index in [1.165, 1.54) is 0 Å². The van der Waals surface area contributed by atoms with Crippen LogP contribution < -0.4 is 14.5 Å². The van der Waals surface area contributed by atoms with E-state index in [1.54, 1.807) is 29.2 Å². The van der Waals surface area contributed by atoms with Crippen molar-refractivity contribution in [2.75, 3.05) is 16.3 Å². The molecule has 0 saturated heterocycles. The minimum atomic E-state index is -0.538. The van der Waals surface area contributed by atoms with Crippen LogP contribution in [0, 0.1) is 6.92 Å². The largest absolute Gasteiger partial charge is 0.457 e. The Bertz CT molecular complexity index is 1160. The molecular weight excluding hydrogens is 412 g/mol. The minimum Gasteiger partial charge on any atom is -0.457 e. The maximum Gasteiger partial charge on any atom is 0.283 e. The third-order valence-electron chi connectivity index (χ3n) is 4.98.